The summed E-state index contributed by atoms with van der Waals surface area (Å²) in [5.74, 6) is 0.594. The number of ether oxygens (including phenoxy) is 1. The molecule has 0 saturated heterocycles. The molecule has 0 aliphatic rings. The van der Waals surface area contributed by atoms with Gasteiger partial charge in [-0.1, -0.05) is 18.2 Å². The number of aryl methyl sites for hydroxylation is 2. The third-order valence-corrected chi connectivity index (χ3v) is 3.16. The number of aliphatic hydroxyl groups excluding tert-OH is 1. The zero-order valence-electron chi connectivity index (χ0n) is 11.7. The molecule has 2 nitrogen and oxygen atoms in total. The van der Waals surface area contributed by atoms with Crippen molar-refractivity contribution in [2.45, 2.75) is 26.6 Å². The number of hydrogen-bond donors (Lipinski definition) is 1. The van der Waals surface area contributed by atoms with Gasteiger partial charge in [-0.15, -0.1) is 0 Å². The van der Waals surface area contributed by atoms with Gasteiger partial charge in [-0.3, -0.25) is 0 Å². The van der Waals surface area contributed by atoms with Crippen molar-refractivity contribution in [1.82, 2.24) is 0 Å². The molecule has 0 heterocycles. The van der Waals surface area contributed by atoms with Crippen molar-refractivity contribution in [1.29, 1.82) is 0 Å². The summed E-state index contributed by atoms with van der Waals surface area (Å²) in [6, 6.07) is 8.91. The number of aliphatic hydroxyl groups is 1. The van der Waals surface area contributed by atoms with Crippen molar-refractivity contribution in [3.63, 3.8) is 0 Å². The van der Waals surface area contributed by atoms with E-state index in [4.69, 9.17) is 9.84 Å². The fourth-order valence-corrected chi connectivity index (χ4v) is 2.02. The number of halogens is 3. The molecule has 0 saturated carbocycles. The molecule has 0 aromatic heterocycles. The van der Waals surface area contributed by atoms with Crippen molar-refractivity contribution in [3.8, 4) is 11.5 Å². The lowest BCUT2D eigenvalue weighted by molar-refractivity contribution is -0.138. The van der Waals surface area contributed by atoms with E-state index in [0.29, 0.717) is 5.75 Å². The van der Waals surface area contributed by atoms with Crippen molar-refractivity contribution in [2.75, 3.05) is 0 Å². The first-order valence-electron chi connectivity index (χ1n) is 6.37. The largest absolute Gasteiger partial charge is 0.457 e. The summed E-state index contributed by atoms with van der Waals surface area (Å²) in [5.41, 5.74) is 0.919. The summed E-state index contributed by atoms with van der Waals surface area (Å²) < 4.78 is 44.1. The molecule has 0 atom stereocenters. The predicted octanol–water partition coefficient (Wildman–Crippen LogP) is 4.61. The van der Waals surface area contributed by atoms with E-state index in [2.05, 4.69) is 0 Å². The molecule has 0 spiro atoms. The highest BCUT2D eigenvalue weighted by atomic mass is 19.4. The van der Waals surface area contributed by atoms with Crippen LogP contribution in [0.3, 0.4) is 0 Å². The molecular weight excluding hydrogens is 281 g/mol. The van der Waals surface area contributed by atoms with Gasteiger partial charge in [0.25, 0.3) is 0 Å². The van der Waals surface area contributed by atoms with Crippen LogP contribution in [0, 0.1) is 13.8 Å². The van der Waals surface area contributed by atoms with Crippen LogP contribution >= 0.6 is 0 Å². The molecule has 0 unspecified atom stereocenters. The predicted molar refractivity (Wildman–Crippen MR) is 73.4 cm³/mol. The van der Waals surface area contributed by atoms with E-state index in [0.717, 1.165) is 17.2 Å². The molecule has 2 rings (SSSR count). The van der Waals surface area contributed by atoms with E-state index in [1.165, 1.54) is 19.1 Å². The van der Waals surface area contributed by atoms with E-state index < -0.39 is 11.7 Å². The lowest BCUT2D eigenvalue weighted by atomic mass is 10.1. The standard InChI is InChI=1S/C16H15F3O2/c1-10-3-5-13(8-14(10)16(17,18)19)21-15-6-4-12(9-20)7-11(15)2/h3-8,20H,9H2,1-2H3. The van der Waals surface area contributed by atoms with E-state index >= 15 is 0 Å². The lowest BCUT2D eigenvalue weighted by Gasteiger charge is -2.14. The van der Waals surface area contributed by atoms with Gasteiger partial charge in [-0.25, -0.2) is 0 Å². The zero-order chi connectivity index (χ0) is 15.6. The highest BCUT2D eigenvalue weighted by Gasteiger charge is 2.32. The Hall–Kier alpha value is -2.01. The third kappa shape index (κ3) is 3.55. The summed E-state index contributed by atoms with van der Waals surface area (Å²) >= 11 is 0. The van der Waals surface area contributed by atoms with Crippen LogP contribution in [0.25, 0.3) is 0 Å². The molecular formula is C16H15F3O2. The summed E-state index contributed by atoms with van der Waals surface area (Å²) in [4.78, 5) is 0. The van der Waals surface area contributed by atoms with Crippen LogP contribution in [-0.4, -0.2) is 5.11 Å². The fraction of sp³-hybridized carbons (Fsp3) is 0.250. The minimum Gasteiger partial charge on any atom is -0.457 e. The lowest BCUT2D eigenvalue weighted by Crippen LogP contribution is -2.07. The summed E-state index contributed by atoms with van der Waals surface area (Å²) in [6.45, 7) is 3.09. The molecule has 2 aromatic carbocycles. The van der Waals surface area contributed by atoms with Crippen LogP contribution in [0.5, 0.6) is 11.5 Å². The van der Waals surface area contributed by atoms with Gasteiger partial charge in [0.05, 0.1) is 12.2 Å². The van der Waals surface area contributed by atoms with Crippen LogP contribution in [0.1, 0.15) is 22.3 Å². The van der Waals surface area contributed by atoms with Crippen LogP contribution < -0.4 is 4.74 Å². The minimum atomic E-state index is -4.40. The molecule has 0 aliphatic carbocycles. The maximum absolute atomic E-state index is 12.9. The second kappa shape index (κ2) is 5.77. The Morgan fingerprint density at radius 3 is 2.29 bits per heavy atom. The molecule has 1 N–H and O–H groups in total. The van der Waals surface area contributed by atoms with E-state index in [1.807, 2.05) is 0 Å². The Balaban J connectivity index is 2.32. The second-order valence-electron chi connectivity index (χ2n) is 4.83. The number of alkyl halides is 3. The maximum Gasteiger partial charge on any atom is 0.416 e. The summed E-state index contributed by atoms with van der Waals surface area (Å²) in [6.07, 6.45) is -4.40. The van der Waals surface area contributed by atoms with Crippen molar-refractivity contribution in [2.24, 2.45) is 0 Å². The quantitative estimate of drug-likeness (QED) is 0.896. The first kappa shape index (κ1) is 15.4. The van der Waals surface area contributed by atoms with Crippen molar-refractivity contribution >= 4 is 0 Å². The number of benzene rings is 2. The minimum absolute atomic E-state index is 0.0934. The molecule has 5 heteroatoms. The molecule has 0 fully saturated rings. The van der Waals surface area contributed by atoms with Crippen molar-refractivity contribution in [3.05, 3.63) is 58.7 Å². The van der Waals surface area contributed by atoms with E-state index in [9.17, 15) is 13.2 Å². The van der Waals surface area contributed by atoms with Gasteiger partial charge in [0, 0.05) is 0 Å². The van der Waals surface area contributed by atoms with Gasteiger partial charge < -0.3 is 9.84 Å². The molecule has 0 amide bonds. The average Bonchev–Trinajstić information content (AvgIpc) is 2.41. The van der Waals surface area contributed by atoms with Gasteiger partial charge in [0.1, 0.15) is 11.5 Å². The van der Waals surface area contributed by atoms with Gasteiger partial charge in [-0.05, 0) is 48.7 Å². The second-order valence-corrected chi connectivity index (χ2v) is 4.83. The Labute approximate surface area is 120 Å². The summed E-state index contributed by atoms with van der Waals surface area (Å²) in [7, 11) is 0. The van der Waals surface area contributed by atoms with Crippen LogP contribution in [-0.2, 0) is 12.8 Å². The third-order valence-electron chi connectivity index (χ3n) is 3.16. The van der Waals surface area contributed by atoms with Gasteiger partial charge >= 0.3 is 6.18 Å². The van der Waals surface area contributed by atoms with Crippen LogP contribution in [0.15, 0.2) is 36.4 Å². The maximum atomic E-state index is 12.9. The van der Waals surface area contributed by atoms with Crippen LogP contribution in [0.4, 0.5) is 13.2 Å². The van der Waals surface area contributed by atoms with Crippen molar-refractivity contribution < 1.29 is 23.0 Å². The fourth-order valence-electron chi connectivity index (χ4n) is 2.02. The Morgan fingerprint density at radius 2 is 1.71 bits per heavy atom. The summed E-state index contributed by atoms with van der Waals surface area (Å²) in [5, 5.41) is 9.03. The topological polar surface area (TPSA) is 29.5 Å². The highest BCUT2D eigenvalue weighted by Crippen LogP contribution is 2.35. The highest BCUT2D eigenvalue weighted by molar-refractivity contribution is 5.42. The Bertz CT molecular complexity index is 648. The van der Waals surface area contributed by atoms with Crippen LogP contribution in [0.2, 0.25) is 0 Å². The molecule has 0 bridgehead atoms. The van der Waals surface area contributed by atoms with Gasteiger partial charge in [-0.2, -0.15) is 13.2 Å². The normalized spacial score (nSPS) is 11.5. The van der Waals surface area contributed by atoms with E-state index in [1.54, 1.807) is 25.1 Å². The molecule has 21 heavy (non-hydrogen) atoms. The smallest absolute Gasteiger partial charge is 0.416 e. The first-order chi connectivity index (χ1) is 9.81. The first-order valence-corrected chi connectivity index (χ1v) is 6.37. The Kier molecular flexibility index (Phi) is 4.23. The van der Waals surface area contributed by atoms with Gasteiger partial charge in [0.15, 0.2) is 0 Å². The molecule has 112 valence electrons. The molecule has 2 aromatic rings. The monoisotopic (exact) mass is 296 g/mol. The zero-order valence-corrected chi connectivity index (χ0v) is 11.7. The molecule has 0 radical (unpaired) electrons. The molecule has 0 aliphatic heterocycles. The number of hydrogen-bond acceptors (Lipinski definition) is 2. The SMILES string of the molecule is Cc1cc(CO)ccc1Oc1ccc(C)c(C(F)(F)F)c1. The number of rotatable bonds is 3. The van der Waals surface area contributed by atoms with Gasteiger partial charge in [0.2, 0.25) is 0 Å². The Morgan fingerprint density at radius 1 is 1.00 bits per heavy atom. The van der Waals surface area contributed by atoms with E-state index in [-0.39, 0.29) is 17.9 Å². The average molecular weight is 296 g/mol.